The van der Waals surface area contributed by atoms with Crippen molar-refractivity contribution in [2.24, 2.45) is 7.05 Å². The summed E-state index contributed by atoms with van der Waals surface area (Å²) in [4.78, 5) is 15.7. The van der Waals surface area contributed by atoms with Gasteiger partial charge >= 0.3 is 0 Å². The number of hydrogen-bond donors (Lipinski definition) is 0. The SMILES string of the molecule is CCc1cn(C)c(OCCc2cc(F)c(Oc3ccc(Cl)c(C)c3)c(F)c2)nc1=O. The van der Waals surface area contributed by atoms with Crippen LogP contribution in [0.25, 0.3) is 0 Å². The summed E-state index contributed by atoms with van der Waals surface area (Å²) in [7, 11) is 1.71. The van der Waals surface area contributed by atoms with Crippen LogP contribution in [0.5, 0.6) is 17.5 Å². The van der Waals surface area contributed by atoms with Gasteiger partial charge in [-0.2, -0.15) is 4.98 Å². The van der Waals surface area contributed by atoms with Crippen LogP contribution in [0.15, 0.2) is 41.3 Å². The van der Waals surface area contributed by atoms with Gasteiger partial charge in [0.2, 0.25) is 0 Å². The molecule has 3 rings (SSSR count). The van der Waals surface area contributed by atoms with Gasteiger partial charge in [-0.25, -0.2) is 8.78 Å². The minimum atomic E-state index is -0.824. The van der Waals surface area contributed by atoms with Crippen molar-refractivity contribution in [3.63, 3.8) is 0 Å². The highest BCUT2D eigenvalue weighted by Gasteiger charge is 2.15. The minimum Gasteiger partial charge on any atom is -0.464 e. The van der Waals surface area contributed by atoms with Gasteiger partial charge in [0.15, 0.2) is 17.4 Å². The number of aryl methyl sites for hydroxylation is 3. The lowest BCUT2D eigenvalue weighted by Crippen LogP contribution is -2.19. The molecule has 5 nitrogen and oxygen atoms in total. The molecule has 30 heavy (non-hydrogen) atoms. The normalized spacial score (nSPS) is 10.9. The van der Waals surface area contributed by atoms with Crippen molar-refractivity contribution in [1.82, 2.24) is 9.55 Å². The number of ether oxygens (including phenoxy) is 2. The molecule has 0 fully saturated rings. The van der Waals surface area contributed by atoms with Crippen LogP contribution in [0, 0.1) is 18.6 Å². The second-order valence-electron chi connectivity index (χ2n) is 6.82. The number of hydrogen-bond acceptors (Lipinski definition) is 4. The number of aromatic nitrogens is 2. The summed E-state index contributed by atoms with van der Waals surface area (Å²) in [6, 6.07) is 7.27. The summed E-state index contributed by atoms with van der Waals surface area (Å²) >= 11 is 5.95. The second kappa shape index (κ2) is 9.26. The van der Waals surface area contributed by atoms with E-state index in [1.54, 1.807) is 36.9 Å². The Hall–Kier alpha value is -2.93. The first kappa shape index (κ1) is 21.8. The second-order valence-corrected chi connectivity index (χ2v) is 7.23. The van der Waals surface area contributed by atoms with Crippen LogP contribution < -0.4 is 15.0 Å². The zero-order valence-corrected chi connectivity index (χ0v) is 17.6. The molecule has 0 N–H and O–H groups in total. The zero-order valence-electron chi connectivity index (χ0n) is 16.8. The third-order valence-electron chi connectivity index (χ3n) is 4.53. The molecule has 8 heteroatoms. The van der Waals surface area contributed by atoms with Gasteiger partial charge in [-0.05, 0) is 54.8 Å². The molecule has 1 aromatic heterocycles. The Morgan fingerprint density at radius 1 is 1.17 bits per heavy atom. The maximum absolute atomic E-state index is 14.4. The lowest BCUT2D eigenvalue weighted by Gasteiger charge is -2.12. The largest absolute Gasteiger partial charge is 0.464 e. The van der Waals surface area contributed by atoms with Crippen molar-refractivity contribution in [3.05, 3.63) is 80.2 Å². The van der Waals surface area contributed by atoms with Gasteiger partial charge in [-0.1, -0.05) is 18.5 Å². The first-order valence-corrected chi connectivity index (χ1v) is 9.77. The Morgan fingerprint density at radius 2 is 1.87 bits per heavy atom. The van der Waals surface area contributed by atoms with Gasteiger partial charge in [0.05, 0.1) is 6.61 Å². The van der Waals surface area contributed by atoms with Crippen molar-refractivity contribution in [2.75, 3.05) is 6.61 Å². The highest BCUT2D eigenvalue weighted by Crippen LogP contribution is 2.30. The van der Waals surface area contributed by atoms with E-state index in [1.807, 2.05) is 6.92 Å². The summed E-state index contributed by atoms with van der Waals surface area (Å²) < 4.78 is 41.4. The van der Waals surface area contributed by atoms with Crippen LogP contribution in [0.3, 0.4) is 0 Å². The van der Waals surface area contributed by atoms with Crippen LogP contribution in [0.1, 0.15) is 23.6 Å². The van der Waals surface area contributed by atoms with Crippen molar-refractivity contribution < 1.29 is 18.3 Å². The predicted octanol–water partition coefficient (Wildman–Crippen LogP) is 5.00. The van der Waals surface area contributed by atoms with E-state index in [4.69, 9.17) is 21.1 Å². The standard InChI is InChI=1S/C22H21ClF2N2O3/c1-4-15-12-27(3)22(26-21(15)28)29-8-7-14-10-18(24)20(19(25)11-14)30-16-5-6-17(23)13(2)9-16/h5-6,9-12H,4,7-8H2,1-3H3. The Balaban J connectivity index is 1.69. The Morgan fingerprint density at radius 3 is 2.50 bits per heavy atom. The van der Waals surface area contributed by atoms with Crippen LogP contribution >= 0.6 is 11.6 Å². The van der Waals surface area contributed by atoms with E-state index in [0.29, 0.717) is 22.6 Å². The summed E-state index contributed by atoms with van der Waals surface area (Å²) in [5.74, 6) is -1.85. The molecule has 0 radical (unpaired) electrons. The Bertz CT molecular complexity index is 1110. The Labute approximate surface area is 177 Å². The van der Waals surface area contributed by atoms with Crippen LogP contribution in [-0.2, 0) is 19.9 Å². The average molecular weight is 435 g/mol. The molecule has 158 valence electrons. The molecule has 0 spiro atoms. The number of rotatable bonds is 7. The molecular weight excluding hydrogens is 414 g/mol. The highest BCUT2D eigenvalue weighted by atomic mass is 35.5. The molecule has 0 amide bonds. The Kier molecular flexibility index (Phi) is 6.72. The first-order chi connectivity index (χ1) is 14.3. The van der Waals surface area contributed by atoms with E-state index in [1.165, 1.54) is 18.2 Å². The summed E-state index contributed by atoms with van der Waals surface area (Å²) in [6.07, 6.45) is 2.46. The third-order valence-corrected chi connectivity index (χ3v) is 4.96. The molecular formula is C22H21ClF2N2O3. The summed E-state index contributed by atoms with van der Waals surface area (Å²) in [5, 5.41) is 0.537. The highest BCUT2D eigenvalue weighted by molar-refractivity contribution is 6.31. The lowest BCUT2D eigenvalue weighted by molar-refractivity contribution is 0.280. The van der Waals surface area contributed by atoms with Crippen LogP contribution in [0.2, 0.25) is 5.02 Å². The van der Waals surface area contributed by atoms with Gasteiger partial charge in [-0.3, -0.25) is 4.79 Å². The number of nitrogens with zero attached hydrogens (tertiary/aromatic N) is 2. The van der Waals surface area contributed by atoms with Crippen molar-refractivity contribution >= 4 is 11.6 Å². The molecule has 0 saturated heterocycles. The molecule has 0 bridgehead atoms. The first-order valence-electron chi connectivity index (χ1n) is 9.39. The molecule has 0 aliphatic heterocycles. The van der Waals surface area contributed by atoms with E-state index in [9.17, 15) is 13.6 Å². The van der Waals surface area contributed by atoms with Gasteiger partial charge in [0, 0.05) is 30.3 Å². The van der Waals surface area contributed by atoms with Crippen molar-refractivity contribution in [2.45, 2.75) is 26.7 Å². The molecule has 0 aliphatic rings. The number of halogens is 3. The fourth-order valence-corrected chi connectivity index (χ4v) is 2.99. The van der Waals surface area contributed by atoms with Crippen LogP contribution in [0.4, 0.5) is 8.78 Å². The molecule has 0 unspecified atom stereocenters. The lowest BCUT2D eigenvalue weighted by atomic mass is 10.1. The zero-order chi connectivity index (χ0) is 21.8. The topological polar surface area (TPSA) is 53.4 Å². The van der Waals surface area contributed by atoms with E-state index in [0.717, 1.165) is 5.56 Å². The molecule has 0 aliphatic carbocycles. The number of benzene rings is 2. The van der Waals surface area contributed by atoms with Crippen LogP contribution in [-0.4, -0.2) is 16.2 Å². The molecule has 2 aromatic carbocycles. The van der Waals surface area contributed by atoms with E-state index >= 15 is 0 Å². The molecule has 0 atom stereocenters. The maximum atomic E-state index is 14.4. The van der Waals surface area contributed by atoms with Gasteiger partial charge in [-0.15, -0.1) is 0 Å². The summed E-state index contributed by atoms with van der Waals surface area (Å²) in [5.41, 5.74) is 1.36. The van der Waals surface area contributed by atoms with Gasteiger partial charge in [0.25, 0.3) is 11.6 Å². The maximum Gasteiger partial charge on any atom is 0.299 e. The molecule has 0 saturated carbocycles. The molecule has 3 aromatic rings. The minimum absolute atomic E-state index is 0.0984. The smallest absolute Gasteiger partial charge is 0.299 e. The third kappa shape index (κ3) is 4.97. The van der Waals surface area contributed by atoms with Crippen molar-refractivity contribution in [1.29, 1.82) is 0 Å². The van der Waals surface area contributed by atoms with E-state index < -0.39 is 17.4 Å². The van der Waals surface area contributed by atoms with E-state index in [-0.39, 0.29) is 30.3 Å². The fourth-order valence-electron chi connectivity index (χ4n) is 2.87. The van der Waals surface area contributed by atoms with Crippen molar-refractivity contribution in [3.8, 4) is 17.5 Å². The average Bonchev–Trinajstić information content (AvgIpc) is 2.69. The quantitative estimate of drug-likeness (QED) is 0.525. The molecule has 1 heterocycles. The monoisotopic (exact) mass is 434 g/mol. The van der Waals surface area contributed by atoms with Gasteiger partial charge < -0.3 is 14.0 Å². The fraction of sp³-hybridized carbons (Fsp3) is 0.273. The van der Waals surface area contributed by atoms with Gasteiger partial charge in [0.1, 0.15) is 5.75 Å². The predicted molar refractivity (Wildman–Crippen MR) is 111 cm³/mol. The van der Waals surface area contributed by atoms with E-state index in [2.05, 4.69) is 4.98 Å². The summed E-state index contributed by atoms with van der Waals surface area (Å²) in [6.45, 7) is 3.73.